The summed E-state index contributed by atoms with van der Waals surface area (Å²) in [6, 6.07) is 5.38. The van der Waals surface area contributed by atoms with Crippen LogP contribution in [0.1, 0.15) is 34.1 Å². The van der Waals surface area contributed by atoms with E-state index in [1.807, 2.05) is 20.8 Å². The first-order valence-electron chi connectivity index (χ1n) is 6.25. The van der Waals surface area contributed by atoms with Crippen LogP contribution in [-0.4, -0.2) is 20.9 Å². The molecule has 1 N–H and O–H groups in total. The number of hydrogen-bond donors (Lipinski definition) is 1. The van der Waals surface area contributed by atoms with Gasteiger partial charge in [0.25, 0.3) is 0 Å². The predicted octanol–water partition coefficient (Wildman–Crippen LogP) is 2.63. The van der Waals surface area contributed by atoms with Crippen LogP contribution in [-0.2, 0) is 15.6 Å². The Hall–Kier alpha value is -1.23. The number of hydrogen-bond acceptors (Lipinski definition) is 2. The molecule has 5 heteroatoms. The second-order valence-electron chi connectivity index (χ2n) is 5.12. The van der Waals surface area contributed by atoms with E-state index < -0.39 is 16.0 Å². The van der Waals surface area contributed by atoms with Gasteiger partial charge in [-0.3, -0.25) is 9.00 Å². The van der Waals surface area contributed by atoms with Gasteiger partial charge in [-0.15, -0.1) is 0 Å². The molecular formula is C14H20FNO2S. The molecule has 0 aliphatic heterocycles. The number of amides is 1. The fourth-order valence-corrected chi connectivity index (χ4v) is 2.46. The predicted molar refractivity (Wildman–Crippen MR) is 74.8 cm³/mol. The summed E-state index contributed by atoms with van der Waals surface area (Å²) < 4.78 is 25.0. The van der Waals surface area contributed by atoms with Crippen molar-refractivity contribution >= 4 is 16.7 Å². The standard InChI is InChI=1S/C14H20FNO2S/c1-5-14(3,4)16-13(17)10(2)19(18)12-8-6-11(15)7-9-12/h6-10H,5H2,1-4H3,(H,16,17). The molecule has 0 radical (unpaired) electrons. The lowest BCUT2D eigenvalue weighted by Gasteiger charge is -2.26. The Morgan fingerprint density at radius 2 is 1.89 bits per heavy atom. The van der Waals surface area contributed by atoms with Gasteiger partial charge in [0, 0.05) is 10.4 Å². The minimum absolute atomic E-state index is 0.255. The molecule has 0 saturated heterocycles. The van der Waals surface area contributed by atoms with E-state index in [1.54, 1.807) is 6.92 Å². The number of carbonyl (C=O) groups is 1. The summed E-state index contributed by atoms with van der Waals surface area (Å²) >= 11 is 0. The molecule has 0 bridgehead atoms. The van der Waals surface area contributed by atoms with Gasteiger partial charge in [0.1, 0.15) is 11.1 Å². The number of halogens is 1. The largest absolute Gasteiger partial charge is 0.350 e. The second kappa shape index (κ2) is 6.28. The first kappa shape index (κ1) is 15.8. The zero-order valence-electron chi connectivity index (χ0n) is 11.7. The highest BCUT2D eigenvalue weighted by molar-refractivity contribution is 7.86. The van der Waals surface area contributed by atoms with Gasteiger partial charge in [0.15, 0.2) is 0 Å². The molecule has 0 heterocycles. The van der Waals surface area contributed by atoms with E-state index in [0.29, 0.717) is 4.90 Å². The van der Waals surface area contributed by atoms with Gasteiger partial charge in [0.2, 0.25) is 5.91 Å². The SMILES string of the molecule is CCC(C)(C)NC(=O)C(C)S(=O)c1ccc(F)cc1. The second-order valence-corrected chi connectivity index (χ2v) is 6.89. The van der Waals surface area contributed by atoms with Crippen molar-refractivity contribution in [3.05, 3.63) is 30.1 Å². The smallest absolute Gasteiger partial charge is 0.236 e. The van der Waals surface area contributed by atoms with E-state index in [-0.39, 0.29) is 17.3 Å². The number of benzene rings is 1. The summed E-state index contributed by atoms with van der Waals surface area (Å²) in [6.45, 7) is 7.42. The molecule has 19 heavy (non-hydrogen) atoms. The van der Waals surface area contributed by atoms with Gasteiger partial charge in [0.05, 0.1) is 10.8 Å². The molecular weight excluding hydrogens is 265 g/mol. The van der Waals surface area contributed by atoms with Gasteiger partial charge < -0.3 is 5.32 Å². The van der Waals surface area contributed by atoms with Crippen LogP contribution in [0, 0.1) is 5.82 Å². The van der Waals surface area contributed by atoms with Gasteiger partial charge in [-0.05, 0) is 51.5 Å². The molecule has 1 rings (SSSR count). The monoisotopic (exact) mass is 285 g/mol. The zero-order chi connectivity index (χ0) is 14.6. The highest BCUT2D eigenvalue weighted by atomic mass is 32.2. The number of carbonyl (C=O) groups excluding carboxylic acids is 1. The minimum Gasteiger partial charge on any atom is -0.350 e. The highest BCUT2D eigenvalue weighted by Crippen LogP contribution is 2.14. The van der Waals surface area contributed by atoms with Crippen molar-refractivity contribution in [3.63, 3.8) is 0 Å². The topological polar surface area (TPSA) is 46.2 Å². The molecule has 0 aliphatic carbocycles. The molecule has 1 aromatic rings. The molecule has 106 valence electrons. The third-order valence-corrected chi connectivity index (χ3v) is 4.67. The fraction of sp³-hybridized carbons (Fsp3) is 0.500. The Morgan fingerprint density at radius 1 is 1.37 bits per heavy atom. The Morgan fingerprint density at radius 3 is 2.37 bits per heavy atom. The lowest BCUT2D eigenvalue weighted by atomic mass is 10.0. The third kappa shape index (κ3) is 4.42. The normalized spacial score (nSPS) is 14.8. The van der Waals surface area contributed by atoms with Crippen LogP contribution < -0.4 is 5.32 Å². The maximum Gasteiger partial charge on any atom is 0.236 e. The van der Waals surface area contributed by atoms with Crippen molar-refractivity contribution in [1.82, 2.24) is 5.32 Å². The molecule has 0 fully saturated rings. The van der Waals surface area contributed by atoms with E-state index in [9.17, 15) is 13.4 Å². The third-order valence-electron chi connectivity index (χ3n) is 3.08. The molecule has 0 spiro atoms. The molecule has 2 atom stereocenters. The minimum atomic E-state index is -1.48. The first-order valence-corrected chi connectivity index (χ1v) is 7.46. The molecule has 0 aromatic heterocycles. The Labute approximate surface area is 116 Å². The van der Waals surface area contributed by atoms with Crippen molar-refractivity contribution in [2.75, 3.05) is 0 Å². The molecule has 1 aromatic carbocycles. The van der Waals surface area contributed by atoms with E-state index in [1.165, 1.54) is 24.3 Å². The summed E-state index contributed by atoms with van der Waals surface area (Å²) in [5.74, 6) is -0.639. The summed E-state index contributed by atoms with van der Waals surface area (Å²) in [7, 11) is -1.48. The Kier molecular flexibility index (Phi) is 5.23. The van der Waals surface area contributed by atoms with Crippen molar-refractivity contribution in [1.29, 1.82) is 0 Å². The molecule has 3 nitrogen and oxygen atoms in total. The van der Waals surface area contributed by atoms with Crippen molar-refractivity contribution in [3.8, 4) is 0 Å². The van der Waals surface area contributed by atoms with Gasteiger partial charge in [-0.1, -0.05) is 6.92 Å². The van der Waals surface area contributed by atoms with E-state index in [0.717, 1.165) is 6.42 Å². The fourth-order valence-electron chi connectivity index (χ4n) is 1.39. The highest BCUT2D eigenvalue weighted by Gasteiger charge is 2.26. The van der Waals surface area contributed by atoms with Crippen LogP contribution >= 0.6 is 0 Å². The van der Waals surface area contributed by atoms with Crippen LogP contribution in [0.3, 0.4) is 0 Å². The number of rotatable bonds is 5. The maximum absolute atomic E-state index is 12.8. The molecule has 0 saturated carbocycles. The number of nitrogens with one attached hydrogen (secondary N) is 1. The quantitative estimate of drug-likeness (QED) is 0.904. The molecule has 1 amide bonds. The Balaban J connectivity index is 2.77. The molecule has 0 aliphatic rings. The van der Waals surface area contributed by atoms with Gasteiger partial charge in [-0.25, -0.2) is 4.39 Å². The van der Waals surface area contributed by atoms with Crippen molar-refractivity contribution in [2.24, 2.45) is 0 Å². The van der Waals surface area contributed by atoms with E-state index in [4.69, 9.17) is 0 Å². The van der Waals surface area contributed by atoms with E-state index in [2.05, 4.69) is 5.32 Å². The molecule has 2 unspecified atom stereocenters. The zero-order valence-corrected chi connectivity index (χ0v) is 12.5. The van der Waals surface area contributed by atoms with Crippen LogP contribution in [0.4, 0.5) is 4.39 Å². The van der Waals surface area contributed by atoms with Crippen LogP contribution in [0.25, 0.3) is 0 Å². The maximum atomic E-state index is 12.8. The lowest BCUT2D eigenvalue weighted by molar-refractivity contribution is -0.121. The average molecular weight is 285 g/mol. The van der Waals surface area contributed by atoms with E-state index >= 15 is 0 Å². The summed E-state index contributed by atoms with van der Waals surface area (Å²) in [5.41, 5.74) is -0.321. The lowest BCUT2D eigenvalue weighted by Crippen LogP contribution is -2.47. The van der Waals surface area contributed by atoms with Gasteiger partial charge >= 0.3 is 0 Å². The summed E-state index contributed by atoms with van der Waals surface area (Å²) in [5, 5.41) is 2.19. The van der Waals surface area contributed by atoms with Gasteiger partial charge in [-0.2, -0.15) is 0 Å². The van der Waals surface area contributed by atoms with Crippen LogP contribution in [0.15, 0.2) is 29.2 Å². The summed E-state index contributed by atoms with van der Waals surface area (Å²) in [6.07, 6.45) is 0.786. The van der Waals surface area contributed by atoms with Crippen molar-refractivity contribution < 1.29 is 13.4 Å². The Bertz CT molecular complexity index is 471. The summed E-state index contributed by atoms with van der Waals surface area (Å²) in [4.78, 5) is 12.5. The average Bonchev–Trinajstić information content (AvgIpc) is 2.37. The van der Waals surface area contributed by atoms with Crippen LogP contribution in [0.2, 0.25) is 0 Å². The van der Waals surface area contributed by atoms with Crippen molar-refractivity contribution in [2.45, 2.75) is 49.8 Å². The van der Waals surface area contributed by atoms with Crippen LogP contribution in [0.5, 0.6) is 0 Å². The first-order chi connectivity index (χ1) is 8.76.